The van der Waals surface area contributed by atoms with Gasteiger partial charge in [-0.3, -0.25) is 14.4 Å². The Bertz CT molecular complexity index is 1140. The zero-order chi connectivity index (χ0) is 25.1. The second kappa shape index (κ2) is 10.6. The number of likely N-dealkylation sites (tertiary alicyclic amines) is 1. The van der Waals surface area contributed by atoms with Crippen LogP contribution in [0.25, 0.3) is 0 Å². The molecule has 1 N–H and O–H groups in total. The lowest BCUT2D eigenvalue weighted by atomic mass is 9.87. The molecule has 190 valence electrons. The van der Waals surface area contributed by atoms with Crippen molar-refractivity contribution in [2.24, 2.45) is 5.92 Å². The van der Waals surface area contributed by atoms with Gasteiger partial charge in [-0.25, -0.2) is 0 Å². The van der Waals surface area contributed by atoms with Crippen LogP contribution in [-0.2, 0) is 9.53 Å². The van der Waals surface area contributed by atoms with Crippen LogP contribution in [0.4, 0.5) is 0 Å². The minimum Gasteiger partial charge on any atom is -0.454 e. The first-order chi connectivity index (χ1) is 17.5. The molecule has 3 aliphatic heterocycles. The molecule has 0 radical (unpaired) electrons. The first-order valence-corrected chi connectivity index (χ1v) is 12.4. The highest BCUT2D eigenvalue weighted by Gasteiger charge is 2.37. The van der Waals surface area contributed by atoms with Crippen LogP contribution in [0.5, 0.6) is 11.5 Å². The van der Waals surface area contributed by atoms with Gasteiger partial charge in [0, 0.05) is 37.3 Å². The van der Waals surface area contributed by atoms with Crippen molar-refractivity contribution >= 4 is 17.7 Å². The van der Waals surface area contributed by atoms with Gasteiger partial charge in [0.15, 0.2) is 11.5 Å². The van der Waals surface area contributed by atoms with Gasteiger partial charge in [0.1, 0.15) is 6.04 Å². The van der Waals surface area contributed by atoms with Crippen molar-refractivity contribution in [2.75, 3.05) is 46.2 Å². The molecule has 36 heavy (non-hydrogen) atoms. The van der Waals surface area contributed by atoms with Gasteiger partial charge in [-0.05, 0) is 55.5 Å². The summed E-state index contributed by atoms with van der Waals surface area (Å²) in [5.41, 5.74) is 2.06. The molecule has 3 aliphatic rings. The number of carbonyl (C=O) groups is 3. The van der Waals surface area contributed by atoms with Crippen molar-refractivity contribution in [1.29, 1.82) is 0 Å². The summed E-state index contributed by atoms with van der Waals surface area (Å²) in [6.07, 6.45) is 1.25. The number of piperidine rings is 1. The quantitative estimate of drug-likeness (QED) is 0.686. The predicted molar refractivity (Wildman–Crippen MR) is 131 cm³/mol. The Hall–Kier alpha value is -3.59. The van der Waals surface area contributed by atoms with Gasteiger partial charge in [0.05, 0.1) is 13.2 Å². The lowest BCUT2D eigenvalue weighted by Gasteiger charge is -2.38. The molecule has 2 aromatic carbocycles. The van der Waals surface area contributed by atoms with Gasteiger partial charge in [0.2, 0.25) is 12.7 Å². The molecule has 0 bridgehead atoms. The Labute approximate surface area is 210 Å². The Morgan fingerprint density at radius 2 is 1.64 bits per heavy atom. The third-order valence-electron chi connectivity index (χ3n) is 7.18. The second-order valence-electron chi connectivity index (χ2n) is 9.40. The van der Waals surface area contributed by atoms with E-state index in [2.05, 4.69) is 5.32 Å². The summed E-state index contributed by atoms with van der Waals surface area (Å²) in [5.74, 6) is 0.598. The van der Waals surface area contributed by atoms with Crippen LogP contribution in [0.3, 0.4) is 0 Å². The van der Waals surface area contributed by atoms with Crippen molar-refractivity contribution in [1.82, 2.24) is 15.1 Å². The Kier molecular flexibility index (Phi) is 7.09. The third-order valence-corrected chi connectivity index (χ3v) is 7.18. The molecule has 9 nitrogen and oxygen atoms in total. The zero-order valence-corrected chi connectivity index (χ0v) is 20.4. The SMILES string of the molecule is Cc1ccccc1C(=O)N1CCC(C(NC(=O)c2ccc3c(c2)OCO3)C(=O)N2CCOCC2)CC1. The normalized spacial score (nSPS) is 18.6. The maximum atomic E-state index is 13.6. The number of rotatable bonds is 5. The number of hydrogen-bond acceptors (Lipinski definition) is 6. The number of aryl methyl sites for hydroxylation is 1. The van der Waals surface area contributed by atoms with E-state index in [1.165, 1.54) is 0 Å². The molecule has 2 fully saturated rings. The Morgan fingerprint density at radius 1 is 0.917 bits per heavy atom. The van der Waals surface area contributed by atoms with Crippen LogP contribution in [0.1, 0.15) is 39.1 Å². The number of nitrogens with one attached hydrogen (secondary N) is 1. The van der Waals surface area contributed by atoms with Crippen molar-refractivity contribution in [2.45, 2.75) is 25.8 Å². The number of amides is 3. The maximum Gasteiger partial charge on any atom is 0.254 e. The fourth-order valence-electron chi connectivity index (χ4n) is 5.04. The molecule has 0 aliphatic carbocycles. The van der Waals surface area contributed by atoms with Crippen molar-refractivity contribution in [3.63, 3.8) is 0 Å². The van der Waals surface area contributed by atoms with Crippen LogP contribution in [-0.4, -0.2) is 79.7 Å². The van der Waals surface area contributed by atoms with E-state index in [1.54, 1.807) is 23.1 Å². The third kappa shape index (κ3) is 5.02. The number of morpholine rings is 1. The highest BCUT2D eigenvalue weighted by atomic mass is 16.7. The molecule has 3 amide bonds. The van der Waals surface area contributed by atoms with E-state index in [-0.39, 0.29) is 30.4 Å². The van der Waals surface area contributed by atoms with E-state index in [0.717, 1.165) is 5.56 Å². The Balaban J connectivity index is 1.30. The summed E-state index contributed by atoms with van der Waals surface area (Å²) in [6, 6.07) is 11.9. The number of benzene rings is 2. The fraction of sp³-hybridized carbons (Fsp3) is 0.444. The number of fused-ring (bicyclic) bond motifs is 1. The van der Waals surface area contributed by atoms with E-state index < -0.39 is 6.04 Å². The van der Waals surface area contributed by atoms with Gasteiger partial charge >= 0.3 is 0 Å². The lowest BCUT2D eigenvalue weighted by Crippen LogP contribution is -2.56. The average Bonchev–Trinajstić information content (AvgIpc) is 3.40. The van der Waals surface area contributed by atoms with Crippen molar-refractivity contribution in [3.05, 3.63) is 59.2 Å². The molecule has 5 rings (SSSR count). The molecular weight excluding hydrogens is 462 g/mol. The first-order valence-electron chi connectivity index (χ1n) is 12.4. The minimum absolute atomic E-state index is 0.00648. The van der Waals surface area contributed by atoms with Crippen LogP contribution in [0.15, 0.2) is 42.5 Å². The van der Waals surface area contributed by atoms with Gasteiger partial charge in [0.25, 0.3) is 11.8 Å². The van der Waals surface area contributed by atoms with Gasteiger partial charge < -0.3 is 29.3 Å². The summed E-state index contributed by atoms with van der Waals surface area (Å²) < 4.78 is 16.1. The predicted octanol–water partition coefficient (Wildman–Crippen LogP) is 2.23. The van der Waals surface area contributed by atoms with Crippen LogP contribution >= 0.6 is 0 Å². The highest BCUT2D eigenvalue weighted by Crippen LogP contribution is 2.32. The van der Waals surface area contributed by atoms with E-state index in [0.29, 0.717) is 74.9 Å². The second-order valence-corrected chi connectivity index (χ2v) is 9.40. The minimum atomic E-state index is -0.684. The first kappa shape index (κ1) is 24.1. The molecule has 1 atom stereocenters. The Morgan fingerprint density at radius 3 is 2.39 bits per heavy atom. The summed E-state index contributed by atoms with van der Waals surface area (Å²) in [4.78, 5) is 43.5. The summed E-state index contributed by atoms with van der Waals surface area (Å²) in [6.45, 7) is 5.09. The molecule has 2 saturated heterocycles. The summed E-state index contributed by atoms with van der Waals surface area (Å²) >= 11 is 0. The zero-order valence-electron chi connectivity index (χ0n) is 20.4. The standard InChI is InChI=1S/C27H31N3O6/c1-18-4-2-3-5-21(18)26(32)29-10-8-19(9-11-29)24(27(33)30-12-14-34-15-13-30)28-25(31)20-6-7-22-23(16-20)36-17-35-22/h2-7,16,19,24H,8-15,17H2,1H3,(H,28,31). The van der Waals surface area contributed by atoms with E-state index in [4.69, 9.17) is 14.2 Å². The van der Waals surface area contributed by atoms with E-state index in [9.17, 15) is 14.4 Å². The highest BCUT2D eigenvalue weighted by molar-refractivity contribution is 5.98. The molecule has 2 aromatic rings. The lowest BCUT2D eigenvalue weighted by molar-refractivity contribution is -0.139. The molecular formula is C27H31N3O6. The van der Waals surface area contributed by atoms with E-state index in [1.807, 2.05) is 36.1 Å². The van der Waals surface area contributed by atoms with Gasteiger partial charge in [-0.2, -0.15) is 0 Å². The number of nitrogens with zero attached hydrogens (tertiary/aromatic N) is 2. The van der Waals surface area contributed by atoms with Crippen molar-refractivity contribution < 1.29 is 28.6 Å². The molecule has 0 spiro atoms. The summed E-state index contributed by atoms with van der Waals surface area (Å²) in [5, 5.41) is 3.01. The molecule has 1 unspecified atom stereocenters. The molecule has 0 aromatic heterocycles. The molecule has 9 heteroatoms. The van der Waals surface area contributed by atoms with Crippen molar-refractivity contribution in [3.8, 4) is 11.5 Å². The molecule has 0 saturated carbocycles. The molecule has 3 heterocycles. The summed E-state index contributed by atoms with van der Waals surface area (Å²) in [7, 11) is 0. The smallest absolute Gasteiger partial charge is 0.254 e. The number of ether oxygens (including phenoxy) is 3. The van der Waals surface area contributed by atoms with Crippen LogP contribution in [0, 0.1) is 12.8 Å². The van der Waals surface area contributed by atoms with Crippen LogP contribution < -0.4 is 14.8 Å². The number of hydrogen-bond donors (Lipinski definition) is 1. The van der Waals surface area contributed by atoms with E-state index >= 15 is 0 Å². The van der Waals surface area contributed by atoms with Gasteiger partial charge in [-0.15, -0.1) is 0 Å². The fourth-order valence-corrected chi connectivity index (χ4v) is 5.04. The largest absolute Gasteiger partial charge is 0.454 e. The maximum absolute atomic E-state index is 13.6. The van der Waals surface area contributed by atoms with Crippen LogP contribution in [0.2, 0.25) is 0 Å². The average molecular weight is 494 g/mol. The monoisotopic (exact) mass is 493 g/mol. The van der Waals surface area contributed by atoms with Gasteiger partial charge in [-0.1, -0.05) is 18.2 Å². The topological polar surface area (TPSA) is 97.4 Å². The number of carbonyl (C=O) groups excluding carboxylic acids is 3.